The molecule has 0 amide bonds. The lowest BCUT2D eigenvalue weighted by Gasteiger charge is -2.14. The van der Waals surface area contributed by atoms with Crippen LogP contribution in [-0.4, -0.2) is 9.91 Å². The first kappa shape index (κ1) is 15.6. The highest BCUT2D eigenvalue weighted by molar-refractivity contribution is 7.09. The van der Waals surface area contributed by atoms with Crippen LogP contribution in [0.1, 0.15) is 37.0 Å². The summed E-state index contributed by atoms with van der Waals surface area (Å²) in [6.07, 6.45) is 0. The number of nitro benzene ring substituents is 1. The zero-order valence-corrected chi connectivity index (χ0v) is 13.2. The molecule has 2 aromatic rings. The van der Waals surface area contributed by atoms with E-state index in [1.807, 2.05) is 0 Å². The molecule has 2 rings (SSSR count). The number of aromatic nitrogens is 1. The summed E-state index contributed by atoms with van der Waals surface area (Å²) in [7, 11) is 0. The minimum atomic E-state index is -0.388. The third kappa shape index (κ3) is 4.34. The maximum Gasteiger partial charge on any atom is 0.269 e. The summed E-state index contributed by atoms with van der Waals surface area (Å²) in [5.74, 6) is 0. The predicted molar refractivity (Wildman–Crippen MR) is 84.5 cm³/mol. The number of hydrogen-bond acceptors (Lipinski definition) is 5. The smallest absolute Gasteiger partial charge is 0.269 e. The number of nitrogens with zero attached hydrogens (tertiary/aromatic N) is 2. The molecular formula is C15H19N3O2S. The summed E-state index contributed by atoms with van der Waals surface area (Å²) in [5, 5.41) is 17.0. The highest BCUT2D eigenvalue weighted by Crippen LogP contribution is 2.23. The van der Waals surface area contributed by atoms with Crippen LogP contribution in [0.15, 0.2) is 29.6 Å². The van der Waals surface area contributed by atoms with Crippen molar-refractivity contribution in [2.45, 2.75) is 39.3 Å². The third-order valence-electron chi connectivity index (χ3n) is 3.07. The van der Waals surface area contributed by atoms with E-state index in [0.717, 1.165) is 16.3 Å². The molecule has 1 aromatic heterocycles. The summed E-state index contributed by atoms with van der Waals surface area (Å²) in [4.78, 5) is 14.8. The molecule has 0 saturated carbocycles. The molecule has 112 valence electrons. The second kappa shape index (κ2) is 6.32. The van der Waals surface area contributed by atoms with Crippen molar-refractivity contribution in [1.29, 1.82) is 0 Å². The fraction of sp³-hybridized carbons (Fsp3) is 0.400. The summed E-state index contributed by atoms with van der Waals surface area (Å²) in [6.45, 7) is 7.82. The van der Waals surface area contributed by atoms with Crippen LogP contribution in [0, 0.1) is 10.1 Å². The fourth-order valence-electron chi connectivity index (χ4n) is 1.79. The number of benzene rings is 1. The lowest BCUT2D eigenvalue weighted by Crippen LogP contribution is -2.14. The Bertz CT molecular complexity index is 615. The van der Waals surface area contributed by atoms with Gasteiger partial charge in [-0.3, -0.25) is 10.1 Å². The molecule has 0 saturated heterocycles. The molecule has 0 atom stereocenters. The van der Waals surface area contributed by atoms with Gasteiger partial charge in [-0.15, -0.1) is 11.3 Å². The number of nitrogens with one attached hydrogen (secondary N) is 1. The molecule has 5 nitrogen and oxygen atoms in total. The highest BCUT2D eigenvalue weighted by atomic mass is 32.1. The number of non-ortho nitro benzene ring substituents is 1. The van der Waals surface area contributed by atoms with E-state index in [4.69, 9.17) is 0 Å². The van der Waals surface area contributed by atoms with Gasteiger partial charge in [-0.25, -0.2) is 4.98 Å². The molecule has 21 heavy (non-hydrogen) atoms. The van der Waals surface area contributed by atoms with E-state index in [1.54, 1.807) is 23.5 Å². The van der Waals surface area contributed by atoms with Crippen LogP contribution in [0.4, 0.5) is 5.69 Å². The van der Waals surface area contributed by atoms with E-state index in [9.17, 15) is 10.1 Å². The van der Waals surface area contributed by atoms with Crippen molar-refractivity contribution >= 4 is 17.0 Å². The van der Waals surface area contributed by atoms with Crippen molar-refractivity contribution in [2.24, 2.45) is 0 Å². The number of rotatable bonds is 5. The SMILES string of the molecule is CC(C)(C)c1csc(CNCc2ccc([N+](=O)[O-])cc2)n1. The van der Waals surface area contributed by atoms with Gasteiger partial charge in [0, 0.05) is 36.0 Å². The molecule has 0 aliphatic rings. The molecule has 0 radical (unpaired) electrons. The van der Waals surface area contributed by atoms with E-state index in [1.165, 1.54) is 12.1 Å². The van der Waals surface area contributed by atoms with Gasteiger partial charge in [0.05, 0.1) is 10.6 Å². The number of nitro groups is 1. The van der Waals surface area contributed by atoms with Gasteiger partial charge in [-0.05, 0) is 5.56 Å². The highest BCUT2D eigenvalue weighted by Gasteiger charge is 2.17. The van der Waals surface area contributed by atoms with Gasteiger partial charge < -0.3 is 5.32 Å². The Labute approximate surface area is 128 Å². The molecule has 0 aliphatic carbocycles. The zero-order valence-electron chi connectivity index (χ0n) is 12.4. The molecule has 0 spiro atoms. The lowest BCUT2D eigenvalue weighted by atomic mass is 9.93. The maximum absolute atomic E-state index is 10.6. The minimum Gasteiger partial charge on any atom is -0.306 e. The van der Waals surface area contributed by atoms with Gasteiger partial charge in [0.1, 0.15) is 5.01 Å². The second-order valence-corrected chi connectivity index (χ2v) is 6.85. The first-order chi connectivity index (χ1) is 9.86. The molecule has 1 aromatic carbocycles. The van der Waals surface area contributed by atoms with Crippen LogP contribution in [0.3, 0.4) is 0 Å². The molecule has 6 heteroatoms. The van der Waals surface area contributed by atoms with Crippen molar-refractivity contribution in [1.82, 2.24) is 10.3 Å². The van der Waals surface area contributed by atoms with E-state index >= 15 is 0 Å². The van der Waals surface area contributed by atoms with Crippen molar-refractivity contribution in [3.05, 3.63) is 56.0 Å². The lowest BCUT2D eigenvalue weighted by molar-refractivity contribution is -0.384. The summed E-state index contributed by atoms with van der Waals surface area (Å²) < 4.78 is 0. The standard InChI is InChI=1S/C15H19N3O2S/c1-15(2,3)13-10-21-14(17-13)9-16-8-11-4-6-12(7-5-11)18(19)20/h4-7,10,16H,8-9H2,1-3H3. The van der Waals surface area contributed by atoms with Crippen LogP contribution in [-0.2, 0) is 18.5 Å². The van der Waals surface area contributed by atoms with E-state index < -0.39 is 0 Å². The van der Waals surface area contributed by atoms with Crippen LogP contribution in [0.5, 0.6) is 0 Å². The van der Waals surface area contributed by atoms with Crippen molar-refractivity contribution < 1.29 is 4.92 Å². The van der Waals surface area contributed by atoms with Gasteiger partial charge in [0.2, 0.25) is 0 Å². The largest absolute Gasteiger partial charge is 0.306 e. The van der Waals surface area contributed by atoms with Crippen molar-refractivity contribution in [3.8, 4) is 0 Å². The van der Waals surface area contributed by atoms with Crippen molar-refractivity contribution in [3.63, 3.8) is 0 Å². The Balaban J connectivity index is 1.86. The summed E-state index contributed by atoms with van der Waals surface area (Å²) in [5.41, 5.74) is 2.33. The predicted octanol–water partition coefficient (Wildman–Crippen LogP) is 3.64. The fourth-order valence-corrected chi connectivity index (χ4v) is 2.78. The Morgan fingerprint density at radius 2 is 1.90 bits per heavy atom. The van der Waals surface area contributed by atoms with Crippen LogP contribution < -0.4 is 5.32 Å². The zero-order chi connectivity index (χ0) is 15.5. The van der Waals surface area contributed by atoms with Crippen LogP contribution in [0.25, 0.3) is 0 Å². The van der Waals surface area contributed by atoms with E-state index in [2.05, 4.69) is 36.5 Å². The molecule has 1 heterocycles. The average molecular weight is 305 g/mol. The third-order valence-corrected chi connectivity index (χ3v) is 3.92. The monoisotopic (exact) mass is 305 g/mol. The second-order valence-electron chi connectivity index (χ2n) is 5.90. The maximum atomic E-state index is 10.6. The molecule has 0 aliphatic heterocycles. The van der Waals surface area contributed by atoms with Gasteiger partial charge in [-0.2, -0.15) is 0 Å². The van der Waals surface area contributed by atoms with Gasteiger partial charge in [0.25, 0.3) is 5.69 Å². The van der Waals surface area contributed by atoms with Gasteiger partial charge in [-0.1, -0.05) is 32.9 Å². The molecule has 0 unspecified atom stereocenters. The Hall–Kier alpha value is -1.79. The van der Waals surface area contributed by atoms with Crippen LogP contribution in [0.2, 0.25) is 0 Å². The Kier molecular flexibility index (Phi) is 4.69. The molecule has 1 N–H and O–H groups in total. The molecule has 0 bridgehead atoms. The number of thiazole rings is 1. The van der Waals surface area contributed by atoms with E-state index in [-0.39, 0.29) is 16.0 Å². The Morgan fingerprint density at radius 3 is 2.43 bits per heavy atom. The normalized spacial score (nSPS) is 11.6. The van der Waals surface area contributed by atoms with E-state index in [0.29, 0.717) is 13.1 Å². The van der Waals surface area contributed by atoms with Crippen LogP contribution >= 0.6 is 11.3 Å². The topological polar surface area (TPSA) is 68.1 Å². The number of hydrogen-bond donors (Lipinski definition) is 1. The van der Waals surface area contributed by atoms with Gasteiger partial charge in [0.15, 0.2) is 0 Å². The first-order valence-corrected chi connectivity index (χ1v) is 7.63. The molecular weight excluding hydrogens is 286 g/mol. The first-order valence-electron chi connectivity index (χ1n) is 6.75. The summed E-state index contributed by atoms with van der Waals surface area (Å²) in [6, 6.07) is 6.59. The minimum absolute atomic E-state index is 0.0765. The quantitative estimate of drug-likeness (QED) is 0.676. The molecule has 0 fully saturated rings. The summed E-state index contributed by atoms with van der Waals surface area (Å²) >= 11 is 1.65. The van der Waals surface area contributed by atoms with Crippen molar-refractivity contribution in [2.75, 3.05) is 0 Å². The Morgan fingerprint density at radius 1 is 1.24 bits per heavy atom. The van der Waals surface area contributed by atoms with Gasteiger partial charge >= 0.3 is 0 Å². The average Bonchev–Trinajstić information content (AvgIpc) is 2.88.